The van der Waals surface area contributed by atoms with Crippen molar-refractivity contribution in [3.63, 3.8) is 0 Å². The van der Waals surface area contributed by atoms with Crippen molar-refractivity contribution in [2.45, 2.75) is 17.9 Å². The second-order valence-corrected chi connectivity index (χ2v) is 10.8. The molecular formula is C25H22N2O7S2. The van der Waals surface area contributed by atoms with Crippen LogP contribution in [0.4, 0.5) is 5.69 Å². The first-order chi connectivity index (χ1) is 17.2. The van der Waals surface area contributed by atoms with Crippen LogP contribution in [0.5, 0.6) is 5.75 Å². The molecule has 0 amide bonds. The summed E-state index contributed by atoms with van der Waals surface area (Å²) < 4.78 is 47.1. The summed E-state index contributed by atoms with van der Waals surface area (Å²) in [4.78, 5) is 14.2. The second kappa shape index (κ2) is 9.49. The molecule has 0 spiro atoms. The van der Waals surface area contributed by atoms with Crippen LogP contribution >= 0.6 is 11.8 Å². The molecule has 0 aliphatic carbocycles. The molecule has 1 aromatic heterocycles. The van der Waals surface area contributed by atoms with Crippen molar-refractivity contribution in [1.29, 1.82) is 0 Å². The van der Waals surface area contributed by atoms with Gasteiger partial charge in [-0.25, -0.2) is 8.42 Å². The van der Waals surface area contributed by atoms with Crippen molar-refractivity contribution >= 4 is 61.5 Å². The molecule has 0 radical (unpaired) electrons. The molecule has 0 saturated heterocycles. The summed E-state index contributed by atoms with van der Waals surface area (Å²) in [5.74, 6) is -0.475. The first-order valence-corrected chi connectivity index (χ1v) is 13.5. The molecule has 3 aromatic carbocycles. The van der Waals surface area contributed by atoms with Gasteiger partial charge in [-0.3, -0.25) is 4.79 Å². The van der Waals surface area contributed by atoms with E-state index in [2.05, 4.69) is 0 Å². The maximum absolute atomic E-state index is 11.7. The fourth-order valence-electron chi connectivity index (χ4n) is 4.32. The number of carbonyl (C=O) groups is 1. The second-order valence-electron chi connectivity index (χ2n) is 8.24. The minimum atomic E-state index is -4.37. The zero-order valence-corrected chi connectivity index (χ0v) is 20.8. The van der Waals surface area contributed by atoms with E-state index in [1.165, 1.54) is 11.8 Å². The molecule has 0 atom stereocenters. The number of aryl methyl sites for hydroxylation is 1. The lowest BCUT2D eigenvalue weighted by Gasteiger charge is -2.17. The van der Waals surface area contributed by atoms with Crippen molar-refractivity contribution in [3.05, 3.63) is 65.5 Å². The van der Waals surface area contributed by atoms with Gasteiger partial charge in [0.1, 0.15) is 12.3 Å². The lowest BCUT2D eigenvalue weighted by atomic mass is 10.1. The normalized spacial score (nSPS) is 14.6. The highest BCUT2D eigenvalue weighted by Gasteiger charge is 2.31. The third kappa shape index (κ3) is 4.77. The van der Waals surface area contributed by atoms with E-state index in [1.807, 2.05) is 53.1 Å². The van der Waals surface area contributed by atoms with E-state index in [9.17, 15) is 22.9 Å². The highest BCUT2D eigenvalue weighted by molar-refractivity contribution is 8.03. The zero-order valence-electron chi connectivity index (χ0n) is 19.2. The monoisotopic (exact) mass is 526 g/mol. The van der Waals surface area contributed by atoms with E-state index in [-0.39, 0.29) is 19.5 Å². The van der Waals surface area contributed by atoms with Crippen molar-refractivity contribution in [2.75, 3.05) is 24.3 Å². The van der Waals surface area contributed by atoms with Gasteiger partial charge < -0.3 is 23.7 Å². The quantitative estimate of drug-likeness (QED) is 0.270. The highest BCUT2D eigenvalue weighted by atomic mass is 32.2. The van der Waals surface area contributed by atoms with Crippen LogP contribution in [-0.4, -0.2) is 43.5 Å². The number of aliphatic carboxylic acids is 1. The van der Waals surface area contributed by atoms with Crippen LogP contribution in [0.2, 0.25) is 0 Å². The zero-order chi connectivity index (χ0) is 25.4. The maximum Gasteiger partial charge on any atom is 0.376 e. The molecular weight excluding hydrogens is 504 g/mol. The number of oxazole rings is 1. The first kappa shape index (κ1) is 24.2. The van der Waals surface area contributed by atoms with Gasteiger partial charge in [0, 0.05) is 23.1 Å². The van der Waals surface area contributed by atoms with Crippen molar-refractivity contribution in [2.24, 2.45) is 0 Å². The van der Waals surface area contributed by atoms with Crippen molar-refractivity contribution in [3.8, 4) is 5.75 Å². The molecule has 0 fully saturated rings. The number of rotatable bonds is 8. The number of thioether (sulfide) groups is 1. The van der Waals surface area contributed by atoms with Gasteiger partial charge in [0.05, 0.1) is 39.4 Å². The summed E-state index contributed by atoms with van der Waals surface area (Å²) in [6.07, 6.45) is 1.86. The van der Waals surface area contributed by atoms with E-state index < -0.39 is 21.8 Å². The van der Waals surface area contributed by atoms with Crippen LogP contribution in [-0.2, 0) is 21.5 Å². The SMILES string of the molecule is COc1ccc2c(c1)N(CC(=O)O)/C(=C/c1oc3ccc4ccccc4c3[n+]1CCCS(=O)(=O)[O-])S2. The number of carboxylic acid groups (broad SMARTS) is 1. The minimum absolute atomic E-state index is 0.105. The summed E-state index contributed by atoms with van der Waals surface area (Å²) in [5.41, 5.74) is 2.08. The Morgan fingerprint density at radius 3 is 2.78 bits per heavy atom. The van der Waals surface area contributed by atoms with Crippen LogP contribution in [0, 0.1) is 0 Å². The molecule has 0 unspecified atom stereocenters. The van der Waals surface area contributed by atoms with E-state index in [4.69, 9.17) is 9.15 Å². The topological polar surface area (TPSA) is 124 Å². The van der Waals surface area contributed by atoms with Gasteiger partial charge in [0.25, 0.3) is 5.52 Å². The van der Waals surface area contributed by atoms with Gasteiger partial charge in [-0.2, -0.15) is 4.57 Å². The Morgan fingerprint density at radius 1 is 1.22 bits per heavy atom. The summed E-state index contributed by atoms with van der Waals surface area (Å²) >= 11 is 1.40. The molecule has 1 aliphatic rings. The van der Waals surface area contributed by atoms with Crippen LogP contribution in [0.3, 0.4) is 0 Å². The summed E-state index contributed by atoms with van der Waals surface area (Å²) in [5, 5.41) is 12.1. The Balaban J connectivity index is 1.65. The lowest BCUT2D eigenvalue weighted by Crippen LogP contribution is -2.36. The number of nitrogens with zero attached hydrogens (tertiary/aromatic N) is 2. The number of ether oxygens (including phenoxy) is 1. The van der Waals surface area contributed by atoms with Crippen LogP contribution in [0.25, 0.3) is 27.9 Å². The van der Waals surface area contributed by atoms with Gasteiger partial charge in [0.15, 0.2) is 6.54 Å². The predicted molar refractivity (Wildman–Crippen MR) is 135 cm³/mol. The smallest absolute Gasteiger partial charge is 0.376 e. The first-order valence-electron chi connectivity index (χ1n) is 11.1. The minimum Gasteiger partial charge on any atom is -0.748 e. The van der Waals surface area contributed by atoms with Crippen LogP contribution in [0.1, 0.15) is 12.3 Å². The van der Waals surface area contributed by atoms with E-state index in [0.29, 0.717) is 27.9 Å². The molecule has 2 heterocycles. The molecule has 4 aromatic rings. The fraction of sp³-hybridized carbons (Fsp3) is 0.200. The Bertz CT molecular complexity index is 1630. The van der Waals surface area contributed by atoms with E-state index in [1.54, 1.807) is 24.2 Å². The number of hydrogen-bond acceptors (Lipinski definition) is 8. The molecule has 9 nitrogen and oxygen atoms in total. The Labute approximate surface area is 211 Å². The maximum atomic E-state index is 11.7. The standard InChI is InChI=1S/C25H22N2O7S2/c1-33-17-8-10-21-19(13-17)27(15-24(28)29)23(35-21)14-22-26(11-4-12-36(30,31)32)25-18-6-3-2-5-16(18)7-9-20(25)34-22/h2-3,5-10,13-14H,4,11-12,15H2,1H3,(H-,28,29,30,31,32). The molecule has 1 N–H and O–H groups in total. The lowest BCUT2D eigenvalue weighted by molar-refractivity contribution is -0.677. The van der Waals surface area contributed by atoms with Crippen LogP contribution in [0.15, 0.2) is 68.9 Å². The number of anilines is 1. The van der Waals surface area contributed by atoms with Crippen LogP contribution < -0.4 is 14.2 Å². The molecule has 186 valence electrons. The Morgan fingerprint density at radius 2 is 2.03 bits per heavy atom. The van der Waals surface area contributed by atoms with Gasteiger partial charge in [-0.1, -0.05) is 36.0 Å². The average molecular weight is 527 g/mol. The number of benzene rings is 3. The highest BCUT2D eigenvalue weighted by Crippen LogP contribution is 2.48. The molecule has 11 heteroatoms. The van der Waals surface area contributed by atoms with E-state index in [0.717, 1.165) is 21.2 Å². The van der Waals surface area contributed by atoms with Crippen molar-refractivity contribution < 1.29 is 36.6 Å². The molecule has 36 heavy (non-hydrogen) atoms. The largest absolute Gasteiger partial charge is 0.748 e. The number of fused-ring (bicyclic) bond motifs is 4. The molecule has 0 saturated carbocycles. The number of methoxy groups -OCH3 is 1. The number of carboxylic acids is 1. The Hall–Kier alpha value is -3.54. The van der Waals surface area contributed by atoms with Gasteiger partial charge in [-0.05, 0) is 29.7 Å². The number of hydrogen-bond donors (Lipinski definition) is 1. The predicted octanol–water partition coefficient (Wildman–Crippen LogP) is 3.81. The number of aromatic nitrogens is 1. The summed E-state index contributed by atoms with van der Waals surface area (Å²) in [6.45, 7) is -0.0391. The third-order valence-electron chi connectivity index (χ3n) is 5.87. The van der Waals surface area contributed by atoms with Gasteiger partial charge in [-0.15, -0.1) is 0 Å². The molecule has 5 rings (SSSR count). The van der Waals surface area contributed by atoms with E-state index >= 15 is 0 Å². The third-order valence-corrected chi connectivity index (χ3v) is 7.77. The van der Waals surface area contributed by atoms with Gasteiger partial charge >= 0.3 is 11.9 Å². The molecule has 0 bridgehead atoms. The molecule has 1 aliphatic heterocycles. The van der Waals surface area contributed by atoms with Crippen molar-refractivity contribution in [1.82, 2.24) is 0 Å². The average Bonchev–Trinajstić information content (AvgIpc) is 3.35. The van der Waals surface area contributed by atoms with Gasteiger partial charge in [0.2, 0.25) is 5.58 Å². The Kier molecular flexibility index (Phi) is 6.37. The fourth-order valence-corrected chi connectivity index (χ4v) is 5.87. The summed E-state index contributed by atoms with van der Waals surface area (Å²) in [7, 11) is -2.82. The summed E-state index contributed by atoms with van der Waals surface area (Å²) in [6, 6.07) is 17.0.